The lowest BCUT2D eigenvalue weighted by Crippen LogP contribution is -2.37. The van der Waals surface area contributed by atoms with Crippen LogP contribution in [0.2, 0.25) is 0 Å². The van der Waals surface area contributed by atoms with Crippen LogP contribution in [0.15, 0.2) is 75.9 Å². The molecule has 1 aliphatic heterocycles. The number of alkyl halides is 2. The molecule has 256 valence electrons. The zero-order chi connectivity index (χ0) is 29.0. The first-order valence-electron chi connectivity index (χ1n) is 13.5. The van der Waals surface area contributed by atoms with Crippen molar-refractivity contribution in [1.29, 1.82) is 0 Å². The van der Waals surface area contributed by atoms with Gasteiger partial charge in [-0.05, 0) is 62.6 Å². The molecule has 6 nitrogen and oxygen atoms in total. The zero-order valence-electron chi connectivity index (χ0n) is 26.4. The third-order valence-corrected chi connectivity index (χ3v) is 8.43. The molecule has 2 aromatic carbocycles. The summed E-state index contributed by atoms with van der Waals surface area (Å²) in [5, 5.41) is -2.73. The van der Waals surface area contributed by atoms with E-state index < -0.39 is 11.2 Å². The molecule has 0 unspecified atom stereocenters. The second kappa shape index (κ2) is 32.2. The van der Waals surface area contributed by atoms with Crippen LogP contribution in [0.4, 0.5) is 8.78 Å². The first-order chi connectivity index (χ1) is 18.1. The van der Waals surface area contributed by atoms with Crippen LogP contribution in [0.25, 0.3) is 0 Å². The third kappa shape index (κ3) is 25.8. The maximum absolute atomic E-state index is 13.5. The Kier molecular flexibility index (Phi) is 40.8. The summed E-state index contributed by atoms with van der Waals surface area (Å²) in [5.41, 5.74) is 0.859. The summed E-state index contributed by atoms with van der Waals surface area (Å²) >= 11 is 6.73. The molecule has 2 aromatic rings. The number of thioether (sulfide) groups is 2. The Bertz CT molecular complexity index is 875. The fraction of sp³-hybridized carbons (Fsp3) is 0.562. The molecule has 0 radical (unpaired) electrons. The number of morpholine rings is 1. The van der Waals surface area contributed by atoms with Gasteiger partial charge in [0, 0.05) is 39.4 Å². The number of nitrogens with zero attached hydrogens (tertiary/aromatic N) is 1. The summed E-state index contributed by atoms with van der Waals surface area (Å²) in [4.78, 5) is 5.22. The molecule has 1 saturated heterocycles. The lowest BCUT2D eigenvalue weighted by atomic mass is 10.1. The fourth-order valence-electron chi connectivity index (χ4n) is 3.03. The highest BCUT2D eigenvalue weighted by Gasteiger charge is 2.35. The molecule has 1 heterocycles. The maximum atomic E-state index is 13.5. The van der Waals surface area contributed by atoms with Gasteiger partial charge in [-0.1, -0.05) is 84.1 Å². The van der Waals surface area contributed by atoms with E-state index >= 15 is 0 Å². The van der Waals surface area contributed by atoms with Crippen molar-refractivity contribution in [2.75, 3.05) is 38.6 Å². The largest absolute Gasteiger partial charge is 0.412 e. The number of aryl methyl sites for hydroxylation is 1. The van der Waals surface area contributed by atoms with Crippen molar-refractivity contribution in [2.45, 2.75) is 82.3 Å². The molecule has 0 spiro atoms. The first-order valence-corrected chi connectivity index (χ1v) is 15.7. The van der Waals surface area contributed by atoms with Gasteiger partial charge in [-0.15, -0.1) is 31.0 Å². The van der Waals surface area contributed by atoms with Crippen LogP contribution in [-0.4, -0.2) is 70.7 Å². The smallest absolute Gasteiger partial charge is 0.300 e. The summed E-state index contributed by atoms with van der Waals surface area (Å²) in [6.07, 6.45) is 3.04. The van der Waals surface area contributed by atoms with E-state index in [0.29, 0.717) is 21.6 Å². The minimum absolute atomic E-state index is 0. The van der Waals surface area contributed by atoms with Crippen LogP contribution in [0.1, 0.15) is 61.0 Å². The van der Waals surface area contributed by atoms with Gasteiger partial charge in [0.2, 0.25) is 0 Å². The average molecular weight is 674 g/mol. The summed E-state index contributed by atoms with van der Waals surface area (Å²) in [6, 6.07) is 16.0. The molecular formula is C32H61F2NO5S3. The van der Waals surface area contributed by atoms with Crippen molar-refractivity contribution in [3.05, 3.63) is 66.7 Å². The SMILES string of the molecule is C.C=CC.CC.C[C@@H](CCN1CCOCC1)CSc1ccccc1.Cc1ccc(S)cc1SC(F)(F)C(C)C.O.O.O.O. The van der Waals surface area contributed by atoms with Gasteiger partial charge < -0.3 is 26.6 Å². The predicted molar refractivity (Wildman–Crippen MR) is 191 cm³/mol. The van der Waals surface area contributed by atoms with Crippen molar-refractivity contribution in [2.24, 2.45) is 11.8 Å². The Hall–Kier alpha value is -1.15. The molecule has 1 aliphatic rings. The minimum Gasteiger partial charge on any atom is -0.412 e. The van der Waals surface area contributed by atoms with Gasteiger partial charge in [-0.25, -0.2) is 0 Å². The summed E-state index contributed by atoms with van der Waals surface area (Å²) in [7, 11) is 0. The standard InChI is InChI=1S/C15H23NOS.C11H14F2S2.C3H6.C2H6.CH4.4H2O/c1-14(7-8-16-9-11-17-12-10-16)13-18-15-5-3-2-4-6-15;1-7(2)11(12,13)15-10-6-9(14)5-4-8(10)3;1-3-2;1-2;;;;;/h2-6,14H,7-13H2,1H3;4-7,14H,1-3H3;3H,1H2,2H3;1-2H3;1H4;4*1H2/t14-;;;;;;;;/m0......../s1. The van der Waals surface area contributed by atoms with E-state index in [4.69, 9.17) is 4.74 Å². The van der Waals surface area contributed by atoms with Crippen molar-refractivity contribution in [3.63, 3.8) is 0 Å². The average Bonchev–Trinajstić information content (AvgIpc) is 2.91. The Labute approximate surface area is 275 Å². The lowest BCUT2D eigenvalue weighted by Gasteiger charge is -2.27. The van der Waals surface area contributed by atoms with Crippen LogP contribution in [-0.2, 0) is 4.74 Å². The Morgan fingerprint density at radius 1 is 1.00 bits per heavy atom. The molecule has 0 aliphatic carbocycles. The fourth-order valence-corrected chi connectivity index (χ4v) is 5.26. The van der Waals surface area contributed by atoms with E-state index in [0.717, 1.165) is 37.8 Å². The normalized spacial score (nSPS) is 12.5. The molecular weight excluding hydrogens is 613 g/mol. The number of allylic oxidation sites excluding steroid dienone is 1. The van der Waals surface area contributed by atoms with Gasteiger partial charge in [0.25, 0.3) is 5.25 Å². The second-order valence-electron chi connectivity index (χ2n) is 9.15. The molecule has 0 bridgehead atoms. The quantitative estimate of drug-likeness (QED) is 0.169. The number of halogens is 2. The molecule has 1 atom stereocenters. The Morgan fingerprint density at radius 2 is 1.51 bits per heavy atom. The number of ether oxygens (including phenoxy) is 1. The van der Waals surface area contributed by atoms with E-state index in [9.17, 15) is 8.78 Å². The summed E-state index contributed by atoms with van der Waals surface area (Å²) in [5.74, 6) is 1.32. The van der Waals surface area contributed by atoms with Crippen molar-refractivity contribution >= 4 is 36.2 Å². The number of thiol groups is 1. The van der Waals surface area contributed by atoms with E-state index in [2.05, 4.69) is 61.4 Å². The molecule has 1 fully saturated rings. The van der Waals surface area contributed by atoms with Gasteiger partial charge >= 0.3 is 0 Å². The van der Waals surface area contributed by atoms with Crippen LogP contribution in [0.5, 0.6) is 0 Å². The highest BCUT2D eigenvalue weighted by atomic mass is 32.2. The number of hydrogen-bond acceptors (Lipinski definition) is 5. The third-order valence-electron chi connectivity index (χ3n) is 5.41. The number of rotatable bonds is 9. The zero-order valence-corrected chi connectivity index (χ0v) is 28.9. The van der Waals surface area contributed by atoms with E-state index in [1.54, 1.807) is 24.3 Å². The van der Waals surface area contributed by atoms with E-state index in [1.807, 2.05) is 39.5 Å². The number of benzene rings is 2. The molecule has 0 aromatic heterocycles. The van der Waals surface area contributed by atoms with Gasteiger partial charge in [0.1, 0.15) is 0 Å². The second-order valence-corrected chi connectivity index (χ2v) is 11.9. The first kappa shape index (κ1) is 54.3. The summed E-state index contributed by atoms with van der Waals surface area (Å²) < 4.78 is 32.3. The topological polar surface area (TPSA) is 138 Å². The Balaban J connectivity index is -0.000000127. The van der Waals surface area contributed by atoms with Crippen molar-refractivity contribution in [1.82, 2.24) is 4.90 Å². The van der Waals surface area contributed by atoms with Gasteiger partial charge in [0.15, 0.2) is 0 Å². The molecule has 3 rings (SSSR count). The Morgan fingerprint density at radius 3 is 2.00 bits per heavy atom. The van der Waals surface area contributed by atoms with Gasteiger partial charge in [0.05, 0.1) is 13.2 Å². The molecule has 11 heteroatoms. The maximum Gasteiger partial charge on any atom is 0.300 e. The molecule has 0 saturated carbocycles. The van der Waals surface area contributed by atoms with Gasteiger partial charge in [-0.3, -0.25) is 4.90 Å². The monoisotopic (exact) mass is 673 g/mol. The van der Waals surface area contributed by atoms with Crippen LogP contribution in [0.3, 0.4) is 0 Å². The molecule has 8 N–H and O–H groups in total. The van der Waals surface area contributed by atoms with Crippen LogP contribution < -0.4 is 0 Å². The molecule has 0 amide bonds. The van der Waals surface area contributed by atoms with Gasteiger partial charge in [-0.2, -0.15) is 8.78 Å². The minimum atomic E-state index is -2.73. The van der Waals surface area contributed by atoms with Crippen LogP contribution >= 0.6 is 36.2 Å². The van der Waals surface area contributed by atoms with E-state index in [-0.39, 0.29) is 29.3 Å². The molecule has 43 heavy (non-hydrogen) atoms. The van der Waals surface area contributed by atoms with Crippen molar-refractivity contribution < 1.29 is 35.4 Å². The van der Waals surface area contributed by atoms with Crippen LogP contribution in [0, 0.1) is 18.8 Å². The lowest BCUT2D eigenvalue weighted by molar-refractivity contribution is 0.0360. The van der Waals surface area contributed by atoms with E-state index in [1.165, 1.54) is 37.5 Å². The predicted octanol–water partition coefficient (Wildman–Crippen LogP) is 7.32. The number of hydrogen-bond donors (Lipinski definition) is 1. The highest BCUT2D eigenvalue weighted by Crippen LogP contribution is 2.42. The highest BCUT2D eigenvalue weighted by molar-refractivity contribution is 8.00. The van der Waals surface area contributed by atoms with Crippen molar-refractivity contribution in [3.8, 4) is 0 Å². The summed E-state index contributed by atoms with van der Waals surface area (Å²) in [6.45, 7) is 21.7.